The number of esters is 1. The second kappa shape index (κ2) is 10.3. The molecule has 0 saturated carbocycles. The van der Waals surface area contributed by atoms with Crippen LogP contribution in [-0.2, 0) is 25.5 Å². The molecule has 34 heavy (non-hydrogen) atoms. The fourth-order valence-corrected chi connectivity index (χ4v) is 8.68. The first-order valence-corrected chi connectivity index (χ1v) is 13.4. The molecule has 1 spiro atoms. The molecule has 3 aliphatic heterocycles. The van der Waals surface area contributed by atoms with Gasteiger partial charge in [-0.05, 0) is 37.7 Å². The molecule has 186 valence electrons. The van der Waals surface area contributed by atoms with Gasteiger partial charge in [-0.15, -0.1) is 11.8 Å². The SMILES string of the molecule is CCCCNC(=O)C1N([C@@H](CO)Cc2ccccc2)C(=O)[C@@H]2[C@H](C(=O)OCC)[C@@H]3CC(C)C12S3. The third-order valence-corrected chi connectivity index (χ3v) is 9.81. The lowest BCUT2D eigenvalue weighted by atomic mass is 9.66. The number of nitrogens with zero attached hydrogens (tertiary/aromatic N) is 1. The van der Waals surface area contributed by atoms with Crippen LogP contribution in [0.2, 0.25) is 0 Å². The zero-order chi connectivity index (χ0) is 24.5. The van der Waals surface area contributed by atoms with Crippen molar-refractivity contribution < 1.29 is 24.2 Å². The Morgan fingerprint density at radius 3 is 2.68 bits per heavy atom. The predicted octanol–water partition coefficient (Wildman–Crippen LogP) is 2.41. The Balaban J connectivity index is 1.74. The molecule has 0 aromatic heterocycles. The maximum absolute atomic E-state index is 14.1. The fraction of sp³-hybridized carbons (Fsp3) is 0.654. The van der Waals surface area contributed by atoms with Gasteiger partial charge in [-0.1, -0.05) is 50.6 Å². The molecule has 4 rings (SSSR count). The molecule has 2 N–H and O–H groups in total. The van der Waals surface area contributed by atoms with Crippen molar-refractivity contribution in [3.8, 4) is 0 Å². The molecule has 2 bridgehead atoms. The van der Waals surface area contributed by atoms with Crippen molar-refractivity contribution in [1.29, 1.82) is 0 Å². The molecule has 3 heterocycles. The van der Waals surface area contributed by atoms with Gasteiger partial charge in [0, 0.05) is 11.8 Å². The van der Waals surface area contributed by atoms with Crippen molar-refractivity contribution in [3.05, 3.63) is 35.9 Å². The monoisotopic (exact) mass is 488 g/mol. The van der Waals surface area contributed by atoms with Crippen molar-refractivity contribution in [2.24, 2.45) is 17.8 Å². The van der Waals surface area contributed by atoms with E-state index in [1.807, 2.05) is 30.3 Å². The summed E-state index contributed by atoms with van der Waals surface area (Å²) in [4.78, 5) is 42.4. The number of thioether (sulfide) groups is 1. The highest BCUT2D eigenvalue weighted by Crippen LogP contribution is 2.68. The van der Waals surface area contributed by atoms with Gasteiger partial charge in [0.25, 0.3) is 0 Å². The van der Waals surface area contributed by atoms with Gasteiger partial charge in [-0.25, -0.2) is 0 Å². The topological polar surface area (TPSA) is 95.9 Å². The number of aliphatic hydroxyl groups excluding tert-OH is 1. The van der Waals surface area contributed by atoms with E-state index in [-0.39, 0.29) is 42.2 Å². The molecule has 0 aliphatic carbocycles. The van der Waals surface area contributed by atoms with Crippen LogP contribution in [0, 0.1) is 17.8 Å². The number of nitrogens with one attached hydrogen (secondary N) is 1. The second-order valence-corrected chi connectivity index (χ2v) is 11.3. The minimum absolute atomic E-state index is 0.0298. The molecule has 3 aliphatic rings. The first-order chi connectivity index (χ1) is 16.4. The van der Waals surface area contributed by atoms with Gasteiger partial charge >= 0.3 is 5.97 Å². The summed E-state index contributed by atoms with van der Waals surface area (Å²) in [7, 11) is 0. The summed E-state index contributed by atoms with van der Waals surface area (Å²) in [6.45, 7) is 6.47. The van der Waals surface area contributed by atoms with Gasteiger partial charge in [0.15, 0.2) is 0 Å². The zero-order valence-corrected chi connectivity index (χ0v) is 21.1. The molecule has 0 radical (unpaired) electrons. The Bertz CT molecular complexity index is 912. The maximum Gasteiger partial charge on any atom is 0.310 e. The van der Waals surface area contributed by atoms with Gasteiger partial charge in [0.05, 0.1) is 35.8 Å². The number of benzene rings is 1. The molecule has 7 atom stereocenters. The van der Waals surface area contributed by atoms with Crippen LogP contribution in [0.3, 0.4) is 0 Å². The average molecular weight is 489 g/mol. The number of fused-ring (bicyclic) bond motifs is 1. The lowest BCUT2D eigenvalue weighted by molar-refractivity contribution is -0.154. The van der Waals surface area contributed by atoms with Crippen molar-refractivity contribution in [1.82, 2.24) is 10.2 Å². The maximum atomic E-state index is 14.1. The van der Waals surface area contributed by atoms with E-state index >= 15 is 0 Å². The minimum Gasteiger partial charge on any atom is -0.466 e. The van der Waals surface area contributed by atoms with Gasteiger partial charge in [0.1, 0.15) is 6.04 Å². The normalized spacial score (nSPS) is 32.5. The Morgan fingerprint density at radius 2 is 2.03 bits per heavy atom. The number of carbonyl (C=O) groups excluding carboxylic acids is 3. The van der Waals surface area contributed by atoms with E-state index in [0.29, 0.717) is 13.0 Å². The number of carbonyl (C=O) groups is 3. The summed E-state index contributed by atoms with van der Waals surface area (Å²) in [5, 5.41) is 13.4. The highest BCUT2D eigenvalue weighted by atomic mass is 32.2. The Kier molecular flexibility index (Phi) is 7.57. The summed E-state index contributed by atoms with van der Waals surface area (Å²) in [5.41, 5.74) is 0.987. The summed E-state index contributed by atoms with van der Waals surface area (Å²) in [5.74, 6) is -1.81. The number of aliphatic hydroxyl groups is 1. The summed E-state index contributed by atoms with van der Waals surface area (Å²) in [6.07, 6.45) is 3.02. The Morgan fingerprint density at radius 1 is 1.29 bits per heavy atom. The molecule has 1 aromatic rings. The van der Waals surface area contributed by atoms with E-state index in [1.165, 1.54) is 0 Å². The second-order valence-electron chi connectivity index (χ2n) is 9.72. The largest absolute Gasteiger partial charge is 0.466 e. The third kappa shape index (κ3) is 4.02. The number of hydrogen-bond acceptors (Lipinski definition) is 6. The molecular formula is C26H36N2O5S. The van der Waals surface area contributed by atoms with E-state index in [2.05, 4.69) is 19.2 Å². The number of amides is 2. The van der Waals surface area contributed by atoms with Gasteiger partial charge < -0.3 is 20.1 Å². The van der Waals surface area contributed by atoms with Crippen LogP contribution < -0.4 is 5.32 Å². The van der Waals surface area contributed by atoms with Crippen molar-refractivity contribution in [2.45, 2.75) is 68.5 Å². The molecule has 1 aromatic carbocycles. The predicted molar refractivity (Wildman–Crippen MR) is 131 cm³/mol. The molecule has 7 nitrogen and oxygen atoms in total. The van der Waals surface area contributed by atoms with Crippen LogP contribution in [0.15, 0.2) is 30.3 Å². The Hall–Kier alpha value is -2.06. The van der Waals surface area contributed by atoms with Crippen molar-refractivity contribution in [2.75, 3.05) is 19.8 Å². The molecular weight excluding hydrogens is 452 g/mol. The van der Waals surface area contributed by atoms with Crippen LogP contribution in [0.1, 0.15) is 45.6 Å². The number of unbranched alkanes of at least 4 members (excludes halogenated alkanes) is 1. The molecule has 3 unspecified atom stereocenters. The highest BCUT2D eigenvalue weighted by Gasteiger charge is 2.76. The number of likely N-dealkylation sites (tertiary alicyclic amines) is 1. The number of hydrogen-bond donors (Lipinski definition) is 2. The molecule has 3 saturated heterocycles. The third-order valence-electron chi connectivity index (χ3n) is 7.74. The van der Waals surface area contributed by atoms with Gasteiger partial charge in [-0.3, -0.25) is 14.4 Å². The summed E-state index contributed by atoms with van der Waals surface area (Å²) < 4.78 is 4.69. The van der Waals surface area contributed by atoms with Crippen LogP contribution in [0.5, 0.6) is 0 Å². The van der Waals surface area contributed by atoms with Gasteiger partial charge in [-0.2, -0.15) is 0 Å². The van der Waals surface area contributed by atoms with Gasteiger partial charge in [0.2, 0.25) is 11.8 Å². The first kappa shape index (κ1) is 25.0. The zero-order valence-electron chi connectivity index (χ0n) is 20.2. The molecule has 2 amide bonds. The average Bonchev–Trinajstić information content (AvgIpc) is 3.42. The van der Waals surface area contributed by atoms with E-state index < -0.39 is 28.7 Å². The quantitative estimate of drug-likeness (QED) is 0.388. The van der Waals surface area contributed by atoms with E-state index in [4.69, 9.17) is 4.74 Å². The standard InChI is InChI=1S/C26H36N2O5S/c1-4-6-12-27-23(30)22-26-16(3)13-19(34-26)20(25(32)33-5-2)21(26)24(31)28(22)18(15-29)14-17-10-8-7-9-11-17/h7-11,16,18-22,29H,4-6,12-15H2,1-3H3,(H,27,30)/t16?,18-,19+,20-,21+,22?,26?/m1/s1. The lowest BCUT2D eigenvalue weighted by Gasteiger charge is -2.40. The highest BCUT2D eigenvalue weighted by molar-refractivity contribution is 8.02. The number of ether oxygens (including phenoxy) is 1. The van der Waals surface area contributed by atoms with Crippen LogP contribution in [-0.4, -0.2) is 69.6 Å². The van der Waals surface area contributed by atoms with Crippen molar-refractivity contribution in [3.63, 3.8) is 0 Å². The Labute approximate surface area is 206 Å². The first-order valence-electron chi connectivity index (χ1n) is 12.5. The molecule has 3 fully saturated rings. The fourth-order valence-electron chi connectivity index (χ4n) is 6.28. The van der Waals surface area contributed by atoms with Crippen LogP contribution in [0.4, 0.5) is 0 Å². The summed E-state index contributed by atoms with van der Waals surface area (Å²) >= 11 is 1.63. The van der Waals surface area contributed by atoms with Crippen LogP contribution >= 0.6 is 11.8 Å². The smallest absolute Gasteiger partial charge is 0.310 e. The minimum atomic E-state index is -0.729. The van der Waals surface area contributed by atoms with Crippen LogP contribution in [0.25, 0.3) is 0 Å². The van der Waals surface area contributed by atoms with E-state index in [0.717, 1.165) is 24.8 Å². The lowest BCUT2D eigenvalue weighted by Crippen LogP contribution is -2.58. The van der Waals surface area contributed by atoms with E-state index in [9.17, 15) is 19.5 Å². The van der Waals surface area contributed by atoms with Crippen molar-refractivity contribution >= 4 is 29.5 Å². The van der Waals surface area contributed by atoms with E-state index in [1.54, 1.807) is 23.6 Å². The number of rotatable bonds is 10. The summed E-state index contributed by atoms with van der Waals surface area (Å²) in [6, 6.07) is 8.42. The molecule has 8 heteroatoms.